The quantitative estimate of drug-likeness (QED) is 0.125. The van der Waals surface area contributed by atoms with Crippen molar-refractivity contribution < 1.29 is 19.2 Å². The molecule has 0 bridgehead atoms. The van der Waals surface area contributed by atoms with Crippen LogP contribution in [0.25, 0.3) is 0 Å². The molecule has 3 rings (SSSR count). The Bertz CT molecular complexity index is 1210. The van der Waals surface area contributed by atoms with E-state index in [2.05, 4.69) is 26.5 Å². The predicted octanol–water partition coefficient (Wildman–Crippen LogP) is 6.23. The Hall–Kier alpha value is -3.08. The maximum atomic E-state index is 12.1. The number of carbonyl (C=O) groups excluding carboxylic acids is 1. The van der Waals surface area contributed by atoms with Gasteiger partial charge in [0.15, 0.2) is 11.5 Å². The Morgan fingerprint density at radius 3 is 2.49 bits per heavy atom. The van der Waals surface area contributed by atoms with Crippen LogP contribution in [0.15, 0.2) is 75.1 Å². The van der Waals surface area contributed by atoms with Gasteiger partial charge in [-0.3, -0.25) is 14.9 Å². The van der Waals surface area contributed by atoms with E-state index < -0.39 is 4.92 Å². The van der Waals surface area contributed by atoms with E-state index in [9.17, 15) is 14.9 Å². The summed E-state index contributed by atoms with van der Waals surface area (Å²) in [5.74, 6) is 0.909. The monoisotopic (exact) mass is 577 g/mol. The molecule has 0 radical (unpaired) electrons. The average Bonchev–Trinajstić information content (AvgIpc) is 2.85. The third-order valence-corrected chi connectivity index (χ3v) is 6.43. The first kappa shape index (κ1) is 26.5. The summed E-state index contributed by atoms with van der Waals surface area (Å²) in [6.07, 6.45) is 1.50. The van der Waals surface area contributed by atoms with Crippen LogP contribution in [0.1, 0.15) is 18.1 Å². The first-order valence-electron chi connectivity index (χ1n) is 10.4. The molecule has 0 saturated carbocycles. The first-order chi connectivity index (χ1) is 16.9. The highest BCUT2D eigenvalue weighted by atomic mass is 79.9. The number of amides is 1. The van der Waals surface area contributed by atoms with Crippen LogP contribution in [0.3, 0.4) is 0 Å². The second kappa shape index (κ2) is 13.1. The zero-order valence-electron chi connectivity index (χ0n) is 18.6. The lowest BCUT2D eigenvalue weighted by Gasteiger charge is -2.14. The Balaban J connectivity index is 1.58. The number of non-ortho nitro benzene ring substituents is 1. The van der Waals surface area contributed by atoms with Crippen LogP contribution in [-0.4, -0.2) is 29.4 Å². The summed E-state index contributed by atoms with van der Waals surface area (Å²) in [6, 6.07) is 16.9. The highest BCUT2D eigenvalue weighted by molar-refractivity contribution is 9.10. The number of hydrazone groups is 1. The van der Waals surface area contributed by atoms with Gasteiger partial charge in [-0.1, -0.05) is 23.7 Å². The molecule has 11 heteroatoms. The molecule has 0 aliphatic rings. The summed E-state index contributed by atoms with van der Waals surface area (Å²) < 4.78 is 12.4. The topological polar surface area (TPSA) is 103 Å². The van der Waals surface area contributed by atoms with Crippen LogP contribution in [-0.2, 0) is 11.4 Å². The van der Waals surface area contributed by atoms with Crippen molar-refractivity contribution in [2.75, 3.05) is 12.4 Å². The lowest BCUT2D eigenvalue weighted by atomic mass is 10.2. The number of halogens is 2. The maximum Gasteiger partial charge on any atom is 0.269 e. The summed E-state index contributed by atoms with van der Waals surface area (Å²) in [4.78, 5) is 23.1. The third kappa shape index (κ3) is 8.27. The van der Waals surface area contributed by atoms with Gasteiger partial charge < -0.3 is 9.47 Å². The molecule has 0 aliphatic carbocycles. The van der Waals surface area contributed by atoms with Crippen LogP contribution in [0.2, 0.25) is 5.02 Å². The summed E-state index contributed by atoms with van der Waals surface area (Å²) in [5, 5.41) is 15.4. The fraction of sp³-hybridized carbons (Fsp3) is 0.167. The van der Waals surface area contributed by atoms with Gasteiger partial charge in [0.25, 0.3) is 5.69 Å². The number of carbonyl (C=O) groups is 1. The number of rotatable bonds is 11. The van der Waals surface area contributed by atoms with Crippen LogP contribution in [0.4, 0.5) is 5.69 Å². The molecule has 35 heavy (non-hydrogen) atoms. The smallest absolute Gasteiger partial charge is 0.269 e. The normalized spacial score (nSPS) is 10.8. The number of nitro benzene ring substituents is 1. The summed E-state index contributed by atoms with van der Waals surface area (Å²) in [7, 11) is 0. The minimum Gasteiger partial charge on any atom is -0.490 e. The van der Waals surface area contributed by atoms with Gasteiger partial charge >= 0.3 is 0 Å². The molecule has 0 saturated heterocycles. The van der Waals surface area contributed by atoms with E-state index in [1.807, 2.05) is 19.1 Å². The fourth-order valence-corrected chi connectivity index (χ4v) is 4.03. The van der Waals surface area contributed by atoms with Crippen molar-refractivity contribution in [1.82, 2.24) is 5.43 Å². The van der Waals surface area contributed by atoms with Crippen molar-refractivity contribution in [2.45, 2.75) is 18.4 Å². The predicted molar refractivity (Wildman–Crippen MR) is 141 cm³/mol. The number of benzene rings is 3. The van der Waals surface area contributed by atoms with E-state index in [0.717, 1.165) is 10.5 Å². The highest BCUT2D eigenvalue weighted by Gasteiger charge is 2.11. The van der Waals surface area contributed by atoms with E-state index in [1.165, 1.54) is 30.1 Å². The van der Waals surface area contributed by atoms with E-state index in [4.69, 9.17) is 21.1 Å². The zero-order valence-corrected chi connectivity index (χ0v) is 21.7. The van der Waals surface area contributed by atoms with Crippen LogP contribution >= 0.6 is 39.3 Å². The molecule has 0 aromatic heterocycles. The van der Waals surface area contributed by atoms with Gasteiger partial charge in [0.1, 0.15) is 6.61 Å². The number of thioether (sulfide) groups is 1. The number of nitrogens with one attached hydrogen (secondary N) is 1. The molecule has 0 atom stereocenters. The largest absolute Gasteiger partial charge is 0.490 e. The number of nitro groups is 1. The Morgan fingerprint density at radius 2 is 1.83 bits per heavy atom. The third-order valence-electron chi connectivity index (χ3n) is 4.48. The van der Waals surface area contributed by atoms with Gasteiger partial charge in [0.05, 0.1) is 23.5 Å². The van der Waals surface area contributed by atoms with Crippen LogP contribution in [0, 0.1) is 10.1 Å². The second-order valence-corrected chi connectivity index (χ2v) is 9.34. The number of ether oxygens (including phenoxy) is 2. The minimum absolute atomic E-state index is 0.00167. The fourth-order valence-electron chi connectivity index (χ4n) is 2.79. The highest BCUT2D eigenvalue weighted by Crippen LogP contribution is 2.34. The number of nitrogens with zero attached hydrogens (tertiary/aromatic N) is 2. The maximum absolute atomic E-state index is 12.1. The molecule has 3 aromatic carbocycles. The zero-order chi connectivity index (χ0) is 25.2. The van der Waals surface area contributed by atoms with Gasteiger partial charge in [0, 0.05) is 32.1 Å². The molecule has 0 unspecified atom stereocenters. The Morgan fingerprint density at radius 1 is 1.14 bits per heavy atom. The van der Waals surface area contributed by atoms with E-state index in [0.29, 0.717) is 39.8 Å². The Labute approximate surface area is 219 Å². The SMILES string of the molecule is CCOc1cc(/C=N\NC(=O)CSc2ccc([N+](=O)[O-])cc2)c(Br)cc1OCc1ccc(Cl)cc1. The second-order valence-electron chi connectivity index (χ2n) is 7.00. The van der Waals surface area contributed by atoms with Crippen molar-refractivity contribution in [2.24, 2.45) is 5.10 Å². The first-order valence-corrected chi connectivity index (χ1v) is 12.5. The molecular weight excluding hydrogens is 558 g/mol. The van der Waals surface area contributed by atoms with Gasteiger partial charge in [-0.2, -0.15) is 5.10 Å². The standard InChI is InChI=1S/C24H21BrClN3O5S/c1-2-33-22-11-17(21(25)12-23(22)34-14-16-3-5-18(26)6-4-16)13-27-28-24(30)15-35-20-9-7-19(8-10-20)29(31)32/h3-13H,2,14-15H2,1H3,(H,28,30)/b27-13-. The van der Waals surface area contributed by atoms with Gasteiger partial charge in [-0.15, -0.1) is 11.8 Å². The van der Waals surface area contributed by atoms with Gasteiger partial charge in [-0.05, 0) is 64.8 Å². The summed E-state index contributed by atoms with van der Waals surface area (Å²) in [6.45, 7) is 2.67. The molecule has 8 nitrogen and oxygen atoms in total. The van der Waals surface area contributed by atoms with Gasteiger partial charge in [-0.25, -0.2) is 5.43 Å². The molecule has 1 N–H and O–H groups in total. The summed E-state index contributed by atoms with van der Waals surface area (Å²) in [5.41, 5.74) is 4.13. The molecule has 0 heterocycles. The van der Waals surface area contributed by atoms with Crippen LogP contribution in [0.5, 0.6) is 11.5 Å². The lowest BCUT2D eigenvalue weighted by molar-refractivity contribution is -0.384. The molecule has 0 spiro atoms. The van der Waals surface area contributed by atoms with Crippen molar-refractivity contribution in [3.63, 3.8) is 0 Å². The van der Waals surface area contributed by atoms with E-state index in [1.54, 1.807) is 36.4 Å². The van der Waals surface area contributed by atoms with Gasteiger partial charge in [0.2, 0.25) is 5.91 Å². The van der Waals surface area contributed by atoms with Crippen molar-refractivity contribution >= 4 is 57.1 Å². The molecule has 0 aliphatic heterocycles. The van der Waals surface area contributed by atoms with Crippen molar-refractivity contribution in [1.29, 1.82) is 0 Å². The summed E-state index contributed by atoms with van der Waals surface area (Å²) >= 11 is 10.7. The van der Waals surface area contributed by atoms with Crippen LogP contribution < -0.4 is 14.9 Å². The molecule has 182 valence electrons. The molecular formula is C24H21BrClN3O5S. The molecule has 0 fully saturated rings. The van der Waals surface area contributed by atoms with E-state index >= 15 is 0 Å². The lowest BCUT2D eigenvalue weighted by Crippen LogP contribution is -2.19. The van der Waals surface area contributed by atoms with Crippen molar-refractivity contribution in [3.8, 4) is 11.5 Å². The minimum atomic E-state index is -0.469. The number of hydrogen-bond donors (Lipinski definition) is 1. The van der Waals surface area contributed by atoms with Crippen molar-refractivity contribution in [3.05, 3.63) is 91.4 Å². The average molecular weight is 579 g/mol. The number of hydrogen-bond acceptors (Lipinski definition) is 7. The van der Waals surface area contributed by atoms with E-state index in [-0.39, 0.29) is 17.3 Å². The molecule has 1 amide bonds. The Kier molecular flexibility index (Phi) is 9.95. The molecule has 3 aromatic rings.